The second-order valence-corrected chi connectivity index (χ2v) is 20.9. The summed E-state index contributed by atoms with van der Waals surface area (Å²) in [6, 6.07) is 4.06. The summed E-state index contributed by atoms with van der Waals surface area (Å²) in [5.74, 6) is -5.05. The number of rotatable bonds is 13. The molecule has 3 aliphatic rings. The van der Waals surface area contributed by atoms with E-state index in [-0.39, 0.29) is 63.0 Å². The van der Waals surface area contributed by atoms with Crippen molar-refractivity contribution in [3.63, 3.8) is 0 Å². The van der Waals surface area contributed by atoms with E-state index < -0.39 is 95.3 Å². The van der Waals surface area contributed by atoms with E-state index in [1.54, 1.807) is 51.3 Å². The number of ether oxygens (including phenoxy) is 5. The highest BCUT2D eigenvalue weighted by molar-refractivity contribution is 7.13. The molecule has 3 saturated heterocycles. The van der Waals surface area contributed by atoms with E-state index in [9.17, 15) is 29.4 Å². The summed E-state index contributed by atoms with van der Waals surface area (Å²) < 4.78 is 48.8. The quantitative estimate of drug-likeness (QED) is 0.114. The van der Waals surface area contributed by atoms with Crippen molar-refractivity contribution >= 4 is 52.1 Å². The lowest BCUT2D eigenvalue weighted by molar-refractivity contribution is -0.296. The van der Waals surface area contributed by atoms with Crippen LogP contribution in [0.5, 0.6) is 0 Å². The number of nitrogens with zero attached hydrogens (tertiary/aromatic N) is 5. The van der Waals surface area contributed by atoms with Gasteiger partial charge in [-0.2, -0.15) is 0 Å². The molecular formula is C49H74FN7O12S. The third-order valence-corrected chi connectivity index (χ3v) is 14.2. The number of ketones is 1. The van der Waals surface area contributed by atoms with Gasteiger partial charge in [-0.05, 0) is 91.4 Å². The van der Waals surface area contributed by atoms with Crippen molar-refractivity contribution < 1.29 is 62.3 Å². The predicted octanol–water partition coefficient (Wildman–Crippen LogP) is 5.19. The number of nitrogens with two attached hydrogens (primary N) is 1. The van der Waals surface area contributed by atoms with Crippen LogP contribution in [-0.2, 0) is 54.3 Å². The third kappa shape index (κ3) is 13.9. The Kier molecular flexibility index (Phi) is 19.5. The topological polar surface area (TPSA) is 256 Å². The number of nitrogens with one attached hydrogen (secondary N) is 1. The van der Waals surface area contributed by atoms with Crippen molar-refractivity contribution in [3.05, 3.63) is 29.3 Å². The number of anilines is 1. The number of hydrogen-bond acceptors (Lipinski definition) is 18. The van der Waals surface area contributed by atoms with Gasteiger partial charge in [0.2, 0.25) is 11.8 Å². The summed E-state index contributed by atoms with van der Waals surface area (Å²) in [4.78, 5) is 75.7. The Morgan fingerprint density at radius 2 is 1.83 bits per heavy atom. The Bertz CT molecular complexity index is 2200. The van der Waals surface area contributed by atoms with Crippen LogP contribution >= 0.6 is 11.3 Å². The van der Waals surface area contributed by atoms with Crippen LogP contribution in [-0.4, -0.2) is 153 Å². The number of carbonyl (C=O) groups is 4. The van der Waals surface area contributed by atoms with Gasteiger partial charge in [0.15, 0.2) is 18.7 Å². The standard InChI is InChI=1S/C49H74FN7O12S/c1-13-36-49(10,63)37-20-34(54-39(58)14-2)27(5)21-47(8,42(29(7)41(60)48(9,50)46(62)68-36)69-45-40(59)35(57(11)12)19-28(6)67-45)65-23-30(22-64-37)56-66-24-31-25-70-44(52-31)33-16-15-17-38(53-33)55-43(61)32(51)18-26(3)4/h15-17,25-29,32,35-37,40,42,45,59,63H,13-14,18-24,51H2,1-12H3,(H,53,55,61)/b54-34?,56-30+/t27-,28-,29+,32+,35+,36-,37-,40-,42-,45+,47-,48+,49-/m1/s1. The number of likely N-dealkylation sites (N-methyl/N-ethyl adjacent to an activating group) is 1. The van der Waals surface area contributed by atoms with Gasteiger partial charge < -0.3 is 54.7 Å². The number of aliphatic hydroxyl groups excluding tert-OH is 1. The zero-order valence-electron chi connectivity index (χ0n) is 42.6. The molecule has 3 fully saturated rings. The van der Waals surface area contributed by atoms with Gasteiger partial charge in [0.05, 0.1) is 48.9 Å². The van der Waals surface area contributed by atoms with E-state index >= 15 is 4.39 Å². The number of alkyl halides is 1. The van der Waals surface area contributed by atoms with Crippen LogP contribution in [0.2, 0.25) is 0 Å². The molecule has 13 atom stereocenters. The van der Waals surface area contributed by atoms with Gasteiger partial charge in [-0.15, -0.1) is 11.3 Å². The lowest BCUT2D eigenvalue weighted by atomic mass is 9.75. The monoisotopic (exact) mass is 1000 g/mol. The average Bonchev–Trinajstić information content (AvgIpc) is 3.77. The molecule has 2 bridgehead atoms. The molecule has 2 amide bonds. The average molecular weight is 1000 g/mol. The molecule has 0 aliphatic carbocycles. The molecular weight excluding hydrogens is 930 g/mol. The van der Waals surface area contributed by atoms with Crippen LogP contribution in [0.4, 0.5) is 10.2 Å². The van der Waals surface area contributed by atoms with E-state index in [4.69, 9.17) is 34.3 Å². The first-order valence-corrected chi connectivity index (χ1v) is 25.0. The van der Waals surface area contributed by atoms with E-state index in [2.05, 4.69) is 25.4 Å². The van der Waals surface area contributed by atoms with Gasteiger partial charge in [0.25, 0.3) is 5.67 Å². The summed E-state index contributed by atoms with van der Waals surface area (Å²) in [7, 11) is 3.62. The van der Waals surface area contributed by atoms with Gasteiger partial charge in [-0.1, -0.05) is 52.8 Å². The Morgan fingerprint density at radius 3 is 2.49 bits per heavy atom. The SMILES string of the molecule is CCC(=O)N=C1C[C@H]2OC/C(=N\OCc3csc(-c4cccc(NC(=O)[C@@H](N)CC(C)C)n4)n3)CO[C@](C)(C[C@H]1C)[C@H](O[C@@H]1O[C@H](C)C[C@H](N(C)C)[C@H]1O)[C@@H](C)C(=O)[C@](C)(F)C(=O)O[C@H](CC)[C@@]2(C)O. The van der Waals surface area contributed by atoms with Crippen molar-refractivity contribution in [1.29, 1.82) is 0 Å². The lowest BCUT2D eigenvalue weighted by Crippen LogP contribution is -2.61. The van der Waals surface area contributed by atoms with E-state index in [1.165, 1.54) is 25.2 Å². The second kappa shape index (κ2) is 24.0. The molecule has 0 saturated carbocycles. The summed E-state index contributed by atoms with van der Waals surface area (Å²) in [5, 5.41) is 33.6. The number of thiazole rings is 1. The van der Waals surface area contributed by atoms with Gasteiger partial charge >= 0.3 is 5.97 Å². The van der Waals surface area contributed by atoms with Crippen molar-refractivity contribution in [3.8, 4) is 10.7 Å². The number of hydrogen-bond donors (Lipinski definition) is 4. The highest BCUT2D eigenvalue weighted by atomic mass is 32.1. The number of aromatic nitrogens is 2. The van der Waals surface area contributed by atoms with Crippen molar-refractivity contribution in [2.45, 2.75) is 180 Å². The number of aliphatic hydroxyl groups is 2. The van der Waals surface area contributed by atoms with Crippen LogP contribution in [0.15, 0.2) is 33.7 Å². The first kappa shape index (κ1) is 56.7. The lowest BCUT2D eigenvalue weighted by Gasteiger charge is -2.47. The van der Waals surface area contributed by atoms with Crippen LogP contribution in [0, 0.1) is 17.8 Å². The van der Waals surface area contributed by atoms with E-state index in [0.29, 0.717) is 40.8 Å². The van der Waals surface area contributed by atoms with Gasteiger partial charge in [0.1, 0.15) is 40.0 Å². The summed E-state index contributed by atoms with van der Waals surface area (Å²) in [6.45, 7) is 15.4. The van der Waals surface area contributed by atoms with Gasteiger partial charge in [-0.3, -0.25) is 14.4 Å². The molecule has 0 unspecified atom stereocenters. The molecule has 19 nitrogen and oxygen atoms in total. The minimum atomic E-state index is -3.24. The molecule has 0 spiro atoms. The maximum atomic E-state index is 17.0. The largest absolute Gasteiger partial charge is 0.457 e. The van der Waals surface area contributed by atoms with Crippen molar-refractivity contribution in [2.75, 3.05) is 32.6 Å². The number of amides is 2. The summed E-state index contributed by atoms with van der Waals surface area (Å²) >= 11 is 1.30. The highest BCUT2D eigenvalue weighted by Crippen LogP contribution is 2.40. The van der Waals surface area contributed by atoms with Gasteiger partial charge in [0, 0.05) is 35.9 Å². The Hall–Kier alpha value is -4.19. The number of esters is 1. The Morgan fingerprint density at radius 1 is 1.11 bits per heavy atom. The Balaban J connectivity index is 1.56. The number of cyclic esters (lactones) is 1. The molecule has 70 heavy (non-hydrogen) atoms. The number of fused-ring (bicyclic) bond motifs is 5. The third-order valence-electron chi connectivity index (χ3n) is 13.3. The van der Waals surface area contributed by atoms with E-state index in [0.717, 1.165) is 6.92 Å². The predicted molar refractivity (Wildman–Crippen MR) is 261 cm³/mol. The molecule has 5 N–H and O–H groups in total. The minimum absolute atomic E-state index is 0.0144. The maximum absolute atomic E-state index is 17.0. The number of aliphatic imine (C=N–C) groups is 1. The fraction of sp³-hybridized carbons (Fsp3) is 0.714. The van der Waals surface area contributed by atoms with Crippen molar-refractivity contribution in [1.82, 2.24) is 14.9 Å². The van der Waals surface area contributed by atoms with Gasteiger partial charge in [-0.25, -0.2) is 24.1 Å². The van der Waals surface area contributed by atoms with Crippen molar-refractivity contribution in [2.24, 2.45) is 33.6 Å². The number of Topliss-reactive ketones (excluding diaryl/α,β-unsaturated/α-hetero) is 1. The Labute approximate surface area is 414 Å². The molecule has 2 aromatic heterocycles. The molecule has 3 aliphatic heterocycles. The fourth-order valence-electron chi connectivity index (χ4n) is 9.20. The van der Waals surface area contributed by atoms with Crippen LogP contribution in [0.25, 0.3) is 10.7 Å². The zero-order valence-corrected chi connectivity index (χ0v) is 43.4. The molecule has 5 heterocycles. The second-order valence-electron chi connectivity index (χ2n) is 20.1. The first-order chi connectivity index (χ1) is 32.8. The molecule has 5 rings (SSSR count). The van der Waals surface area contributed by atoms with Crippen LogP contribution in [0.1, 0.15) is 113 Å². The van der Waals surface area contributed by atoms with E-state index in [1.807, 2.05) is 39.8 Å². The molecule has 0 aromatic carbocycles. The maximum Gasteiger partial charge on any atom is 0.351 e. The summed E-state index contributed by atoms with van der Waals surface area (Å²) in [5.41, 5.74) is 0.664. The minimum Gasteiger partial charge on any atom is -0.457 e. The normalized spacial score (nSPS) is 34.4. The number of carbonyl (C=O) groups excluding carboxylic acids is 4. The number of halogens is 1. The first-order valence-electron chi connectivity index (χ1n) is 24.1. The molecule has 21 heteroatoms. The fourth-order valence-corrected chi connectivity index (χ4v) is 9.97. The highest BCUT2D eigenvalue weighted by Gasteiger charge is 2.56. The smallest absolute Gasteiger partial charge is 0.351 e. The summed E-state index contributed by atoms with van der Waals surface area (Å²) in [6.07, 6.45) is -6.22. The van der Waals surface area contributed by atoms with Crippen LogP contribution in [0.3, 0.4) is 0 Å². The molecule has 390 valence electrons. The molecule has 2 aromatic rings. The zero-order chi connectivity index (χ0) is 51.9. The van der Waals surface area contributed by atoms with Crippen LogP contribution < -0.4 is 11.1 Å². The number of pyridine rings is 1. The molecule has 0 radical (unpaired) electrons. The number of oxime groups is 1.